The summed E-state index contributed by atoms with van der Waals surface area (Å²) in [5.74, 6) is -0.387. The molecule has 2 unspecified atom stereocenters. The van der Waals surface area contributed by atoms with Gasteiger partial charge < -0.3 is 16.4 Å². The Labute approximate surface area is 90.8 Å². The van der Waals surface area contributed by atoms with Gasteiger partial charge in [0, 0.05) is 7.05 Å². The lowest BCUT2D eigenvalue weighted by atomic mass is 9.99. The normalized spacial score (nSPS) is 16.3. The van der Waals surface area contributed by atoms with Crippen molar-refractivity contribution in [2.75, 3.05) is 7.05 Å². The number of carbonyl (C=O) groups is 2. The molecule has 0 aliphatic rings. The van der Waals surface area contributed by atoms with Gasteiger partial charge in [0.2, 0.25) is 11.8 Å². The van der Waals surface area contributed by atoms with Gasteiger partial charge in [-0.15, -0.1) is 0 Å². The van der Waals surface area contributed by atoms with Crippen molar-refractivity contribution in [1.82, 2.24) is 10.6 Å². The van der Waals surface area contributed by atoms with Gasteiger partial charge in [0.15, 0.2) is 0 Å². The van der Waals surface area contributed by atoms with Crippen LogP contribution in [-0.4, -0.2) is 30.9 Å². The van der Waals surface area contributed by atoms with Gasteiger partial charge in [0.1, 0.15) is 6.04 Å². The third-order valence-corrected chi connectivity index (χ3v) is 2.56. The molecule has 0 aromatic carbocycles. The zero-order valence-corrected chi connectivity index (χ0v) is 9.83. The highest BCUT2D eigenvalue weighted by Gasteiger charge is 2.22. The second kappa shape index (κ2) is 6.40. The van der Waals surface area contributed by atoms with Crippen molar-refractivity contribution in [3.8, 4) is 0 Å². The van der Waals surface area contributed by atoms with Gasteiger partial charge >= 0.3 is 0 Å². The fourth-order valence-corrected chi connectivity index (χ4v) is 1.10. The Hall–Kier alpha value is -1.10. The predicted octanol–water partition coefficient (Wildman–Crippen LogP) is -0.389. The number of likely N-dealkylation sites (N-methyl/N-ethyl adjacent to an activating group) is 1. The first-order valence-corrected chi connectivity index (χ1v) is 5.21. The van der Waals surface area contributed by atoms with E-state index in [1.807, 2.05) is 13.8 Å². The van der Waals surface area contributed by atoms with Crippen LogP contribution in [0.2, 0.25) is 0 Å². The van der Waals surface area contributed by atoms with E-state index in [0.29, 0.717) is 0 Å². The molecule has 0 heterocycles. The van der Waals surface area contributed by atoms with Gasteiger partial charge in [0.25, 0.3) is 0 Å². The first-order valence-electron chi connectivity index (χ1n) is 5.21. The van der Waals surface area contributed by atoms with E-state index in [-0.39, 0.29) is 17.7 Å². The first-order chi connectivity index (χ1) is 6.93. The van der Waals surface area contributed by atoms with Crippen LogP contribution in [-0.2, 0) is 9.59 Å². The Morgan fingerprint density at radius 1 is 1.27 bits per heavy atom. The number of nitrogens with one attached hydrogen (secondary N) is 2. The molecule has 0 aromatic heterocycles. The summed E-state index contributed by atoms with van der Waals surface area (Å²) in [4.78, 5) is 22.7. The number of nitrogens with two attached hydrogens (primary N) is 1. The van der Waals surface area contributed by atoms with Crippen molar-refractivity contribution < 1.29 is 9.59 Å². The Bertz CT molecular complexity index is 231. The van der Waals surface area contributed by atoms with E-state index in [9.17, 15) is 9.59 Å². The number of rotatable bonds is 5. The van der Waals surface area contributed by atoms with Crippen molar-refractivity contribution >= 4 is 11.8 Å². The quantitative estimate of drug-likeness (QED) is 0.584. The molecule has 4 N–H and O–H groups in total. The largest absolute Gasteiger partial charge is 0.357 e. The van der Waals surface area contributed by atoms with Gasteiger partial charge in [-0.1, -0.05) is 20.3 Å². The van der Waals surface area contributed by atoms with Crippen LogP contribution in [0.15, 0.2) is 0 Å². The van der Waals surface area contributed by atoms with E-state index in [1.165, 1.54) is 7.05 Å². The van der Waals surface area contributed by atoms with E-state index in [2.05, 4.69) is 10.6 Å². The number of hydrogen-bond donors (Lipinski definition) is 3. The molecule has 15 heavy (non-hydrogen) atoms. The molecule has 0 rings (SSSR count). The van der Waals surface area contributed by atoms with Gasteiger partial charge in [-0.3, -0.25) is 9.59 Å². The Morgan fingerprint density at radius 3 is 2.20 bits per heavy atom. The summed E-state index contributed by atoms with van der Waals surface area (Å²) in [5.41, 5.74) is 5.72. The summed E-state index contributed by atoms with van der Waals surface area (Å²) < 4.78 is 0. The topological polar surface area (TPSA) is 84.2 Å². The minimum absolute atomic E-state index is 0.113. The fourth-order valence-electron chi connectivity index (χ4n) is 1.10. The van der Waals surface area contributed by atoms with Crippen LogP contribution < -0.4 is 16.4 Å². The molecule has 5 nitrogen and oxygen atoms in total. The highest BCUT2D eigenvalue weighted by molar-refractivity contribution is 5.89. The molecule has 3 atom stereocenters. The van der Waals surface area contributed by atoms with Crippen LogP contribution in [0.5, 0.6) is 0 Å². The third kappa shape index (κ3) is 4.29. The summed E-state index contributed by atoms with van der Waals surface area (Å²) in [6.45, 7) is 5.51. The van der Waals surface area contributed by atoms with Crippen molar-refractivity contribution in [3.63, 3.8) is 0 Å². The zero-order chi connectivity index (χ0) is 12.0. The van der Waals surface area contributed by atoms with Gasteiger partial charge in [-0.05, 0) is 12.8 Å². The van der Waals surface area contributed by atoms with E-state index < -0.39 is 12.1 Å². The summed E-state index contributed by atoms with van der Waals surface area (Å²) >= 11 is 0. The summed E-state index contributed by atoms with van der Waals surface area (Å²) in [6.07, 6.45) is 0.836. The smallest absolute Gasteiger partial charge is 0.242 e. The molecule has 2 amide bonds. The molecule has 0 aromatic rings. The Morgan fingerprint density at radius 2 is 1.80 bits per heavy atom. The second-order valence-corrected chi connectivity index (χ2v) is 3.76. The summed E-state index contributed by atoms with van der Waals surface area (Å²) in [6, 6.07) is -1.10. The van der Waals surface area contributed by atoms with Crippen molar-refractivity contribution in [2.45, 2.75) is 39.3 Å². The first kappa shape index (κ1) is 13.9. The van der Waals surface area contributed by atoms with Crippen LogP contribution in [0.3, 0.4) is 0 Å². The average molecular weight is 215 g/mol. The van der Waals surface area contributed by atoms with Crippen molar-refractivity contribution in [1.29, 1.82) is 0 Å². The summed E-state index contributed by atoms with van der Waals surface area (Å²) in [7, 11) is 1.53. The lowest BCUT2D eigenvalue weighted by Crippen LogP contribution is -2.51. The maximum absolute atomic E-state index is 11.6. The molecular weight excluding hydrogens is 194 g/mol. The van der Waals surface area contributed by atoms with Crippen LogP contribution in [0, 0.1) is 5.92 Å². The van der Waals surface area contributed by atoms with Crippen LogP contribution in [0.1, 0.15) is 27.2 Å². The van der Waals surface area contributed by atoms with E-state index in [1.54, 1.807) is 6.92 Å². The summed E-state index contributed by atoms with van der Waals surface area (Å²) in [5, 5.41) is 5.03. The molecular formula is C10H21N3O2. The van der Waals surface area contributed by atoms with Crippen LogP contribution in [0.4, 0.5) is 0 Å². The van der Waals surface area contributed by atoms with E-state index in [4.69, 9.17) is 5.73 Å². The SMILES string of the molecule is CCC(C)[C@H](N)C(=O)NC(C)C(=O)NC. The molecule has 0 spiro atoms. The van der Waals surface area contributed by atoms with Gasteiger partial charge in [-0.2, -0.15) is 0 Å². The zero-order valence-electron chi connectivity index (χ0n) is 9.83. The van der Waals surface area contributed by atoms with Crippen molar-refractivity contribution in [3.05, 3.63) is 0 Å². The Kier molecular flexibility index (Phi) is 5.93. The average Bonchev–Trinajstić information content (AvgIpc) is 2.25. The van der Waals surface area contributed by atoms with E-state index >= 15 is 0 Å². The van der Waals surface area contributed by atoms with Crippen molar-refractivity contribution in [2.24, 2.45) is 11.7 Å². The van der Waals surface area contributed by atoms with Gasteiger partial charge in [0.05, 0.1) is 6.04 Å². The lowest BCUT2D eigenvalue weighted by molar-refractivity contribution is -0.129. The monoisotopic (exact) mass is 215 g/mol. The maximum Gasteiger partial charge on any atom is 0.242 e. The number of carbonyl (C=O) groups excluding carboxylic acids is 2. The minimum Gasteiger partial charge on any atom is -0.357 e. The molecule has 0 radical (unpaired) electrons. The number of hydrogen-bond acceptors (Lipinski definition) is 3. The molecule has 0 saturated carbocycles. The van der Waals surface area contributed by atoms with Crippen LogP contribution >= 0.6 is 0 Å². The second-order valence-electron chi connectivity index (χ2n) is 3.76. The highest BCUT2D eigenvalue weighted by atomic mass is 16.2. The molecule has 5 heteroatoms. The molecule has 88 valence electrons. The molecule has 0 aliphatic carbocycles. The fraction of sp³-hybridized carbons (Fsp3) is 0.800. The lowest BCUT2D eigenvalue weighted by Gasteiger charge is -2.20. The Balaban J connectivity index is 4.18. The van der Waals surface area contributed by atoms with Crippen LogP contribution in [0.25, 0.3) is 0 Å². The maximum atomic E-state index is 11.6. The van der Waals surface area contributed by atoms with Gasteiger partial charge in [-0.25, -0.2) is 0 Å². The third-order valence-electron chi connectivity index (χ3n) is 2.56. The standard InChI is InChI=1S/C10H21N3O2/c1-5-6(2)8(11)10(15)13-7(3)9(14)12-4/h6-8H,5,11H2,1-4H3,(H,12,14)(H,13,15)/t6?,7?,8-/m0/s1. The predicted molar refractivity (Wildman–Crippen MR) is 59.1 cm³/mol. The number of amides is 2. The molecule has 0 bridgehead atoms. The molecule has 0 aliphatic heterocycles. The minimum atomic E-state index is -0.554. The molecule has 0 fully saturated rings. The highest BCUT2D eigenvalue weighted by Crippen LogP contribution is 2.05. The van der Waals surface area contributed by atoms with E-state index in [0.717, 1.165) is 6.42 Å². The molecule has 0 saturated heterocycles.